The molecule has 0 amide bonds. The van der Waals surface area contributed by atoms with E-state index in [1.807, 2.05) is 12.1 Å². The summed E-state index contributed by atoms with van der Waals surface area (Å²) in [6.45, 7) is 1.35. The van der Waals surface area contributed by atoms with Crippen molar-refractivity contribution in [2.24, 2.45) is 5.92 Å². The molecule has 1 saturated heterocycles. The van der Waals surface area contributed by atoms with Crippen LogP contribution in [0, 0.1) is 5.92 Å². The highest BCUT2D eigenvalue weighted by Crippen LogP contribution is 2.20. The van der Waals surface area contributed by atoms with Crippen LogP contribution in [-0.2, 0) is 6.42 Å². The number of hydrogen-bond donors (Lipinski definition) is 2. The summed E-state index contributed by atoms with van der Waals surface area (Å²) >= 11 is 0. The Bertz CT molecular complexity index is 337. The van der Waals surface area contributed by atoms with Gasteiger partial charge in [0.05, 0.1) is 7.11 Å². The molecular formula is C14H21NO2. The number of aliphatic hydroxyl groups is 1. The van der Waals surface area contributed by atoms with Crippen LogP contribution in [0.1, 0.15) is 18.4 Å². The van der Waals surface area contributed by atoms with E-state index >= 15 is 0 Å². The Labute approximate surface area is 103 Å². The molecule has 1 fully saturated rings. The number of nitrogens with one attached hydrogen (secondary N) is 1. The van der Waals surface area contributed by atoms with Gasteiger partial charge in [0.1, 0.15) is 5.75 Å². The van der Waals surface area contributed by atoms with Crippen LogP contribution >= 0.6 is 0 Å². The van der Waals surface area contributed by atoms with Gasteiger partial charge >= 0.3 is 0 Å². The number of ether oxygens (including phenoxy) is 1. The van der Waals surface area contributed by atoms with Crippen LogP contribution in [0.4, 0.5) is 0 Å². The van der Waals surface area contributed by atoms with Crippen molar-refractivity contribution in [3.8, 4) is 5.75 Å². The molecule has 2 N–H and O–H groups in total. The molecule has 1 aliphatic heterocycles. The first-order valence-corrected chi connectivity index (χ1v) is 6.30. The molecular weight excluding hydrogens is 214 g/mol. The van der Waals surface area contributed by atoms with Crippen LogP contribution in [0.3, 0.4) is 0 Å². The summed E-state index contributed by atoms with van der Waals surface area (Å²) in [6.07, 6.45) is 3.28. The van der Waals surface area contributed by atoms with Crippen molar-refractivity contribution in [3.63, 3.8) is 0 Å². The van der Waals surface area contributed by atoms with E-state index in [1.165, 1.54) is 12.0 Å². The third-order valence-corrected chi connectivity index (χ3v) is 3.58. The van der Waals surface area contributed by atoms with Crippen LogP contribution in [-0.4, -0.2) is 31.4 Å². The number of benzene rings is 1. The largest absolute Gasteiger partial charge is 0.497 e. The fraction of sp³-hybridized carbons (Fsp3) is 0.571. The molecule has 1 aromatic rings. The lowest BCUT2D eigenvalue weighted by molar-refractivity contribution is 0.159. The minimum Gasteiger partial charge on any atom is -0.497 e. The minimum atomic E-state index is 0.286. The molecule has 0 spiro atoms. The summed E-state index contributed by atoms with van der Waals surface area (Å²) in [5.41, 5.74) is 1.30. The first kappa shape index (κ1) is 12.4. The summed E-state index contributed by atoms with van der Waals surface area (Å²) in [4.78, 5) is 0. The maximum absolute atomic E-state index is 9.36. The third-order valence-electron chi connectivity index (χ3n) is 3.58. The number of piperidine rings is 1. The lowest BCUT2D eigenvalue weighted by atomic mass is 9.87. The molecule has 2 rings (SSSR count). The normalized spacial score (nSPS) is 24.6. The zero-order valence-electron chi connectivity index (χ0n) is 10.4. The molecule has 0 aromatic heterocycles. The van der Waals surface area contributed by atoms with Gasteiger partial charge in [0.25, 0.3) is 0 Å². The molecule has 0 aliphatic carbocycles. The highest BCUT2D eigenvalue weighted by Gasteiger charge is 2.23. The van der Waals surface area contributed by atoms with Gasteiger partial charge in [0.2, 0.25) is 0 Å². The molecule has 0 radical (unpaired) electrons. The van der Waals surface area contributed by atoms with Crippen molar-refractivity contribution in [2.75, 3.05) is 20.3 Å². The van der Waals surface area contributed by atoms with E-state index in [4.69, 9.17) is 4.74 Å². The van der Waals surface area contributed by atoms with Gasteiger partial charge in [-0.05, 0) is 49.4 Å². The van der Waals surface area contributed by atoms with Gasteiger partial charge in [0, 0.05) is 12.6 Å². The van der Waals surface area contributed by atoms with Crippen LogP contribution in [0.2, 0.25) is 0 Å². The molecule has 1 heterocycles. The molecule has 3 nitrogen and oxygen atoms in total. The van der Waals surface area contributed by atoms with Gasteiger partial charge in [-0.25, -0.2) is 0 Å². The van der Waals surface area contributed by atoms with Gasteiger partial charge in [-0.1, -0.05) is 12.1 Å². The summed E-state index contributed by atoms with van der Waals surface area (Å²) in [6, 6.07) is 8.59. The summed E-state index contributed by atoms with van der Waals surface area (Å²) < 4.78 is 5.15. The Balaban J connectivity index is 1.98. The fourth-order valence-corrected chi connectivity index (χ4v) is 2.49. The average molecular weight is 235 g/mol. The van der Waals surface area contributed by atoms with E-state index in [0.717, 1.165) is 25.1 Å². The van der Waals surface area contributed by atoms with E-state index in [0.29, 0.717) is 12.0 Å². The maximum atomic E-state index is 9.36. The van der Waals surface area contributed by atoms with Gasteiger partial charge in [-0.2, -0.15) is 0 Å². The lowest BCUT2D eigenvalue weighted by Crippen LogP contribution is -2.44. The molecule has 0 saturated carbocycles. The third kappa shape index (κ3) is 3.20. The molecule has 2 atom stereocenters. The second-order valence-corrected chi connectivity index (χ2v) is 4.70. The van der Waals surface area contributed by atoms with Crippen LogP contribution in [0.25, 0.3) is 0 Å². The smallest absolute Gasteiger partial charge is 0.118 e. The number of rotatable bonds is 4. The lowest BCUT2D eigenvalue weighted by Gasteiger charge is -2.31. The number of hydrogen-bond acceptors (Lipinski definition) is 3. The number of aliphatic hydroxyl groups excluding tert-OH is 1. The van der Waals surface area contributed by atoms with Crippen molar-refractivity contribution in [1.29, 1.82) is 0 Å². The van der Waals surface area contributed by atoms with Crippen molar-refractivity contribution in [2.45, 2.75) is 25.3 Å². The molecule has 94 valence electrons. The Morgan fingerprint density at radius 1 is 1.35 bits per heavy atom. The first-order chi connectivity index (χ1) is 8.33. The Hall–Kier alpha value is -1.06. The molecule has 1 aromatic carbocycles. The van der Waals surface area contributed by atoms with E-state index in [9.17, 15) is 5.11 Å². The molecule has 17 heavy (non-hydrogen) atoms. The summed E-state index contributed by atoms with van der Waals surface area (Å²) in [5, 5.41) is 12.9. The van der Waals surface area contributed by atoms with E-state index in [-0.39, 0.29) is 6.61 Å². The molecule has 3 heteroatoms. The van der Waals surface area contributed by atoms with Crippen LogP contribution < -0.4 is 10.1 Å². The SMILES string of the molecule is COc1ccc(C[C@H]2NCCC[C@H]2CO)cc1. The van der Waals surface area contributed by atoms with Gasteiger partial charge in [-0.3, -0.25) is 0 Å². The zero-order valence-corrected chi connectivity index (χ0v) is 10.4. The Morgan fingerprint density at radius 2 is 2.12 bits per heavy atom. The van der Waals surface area contributed by atoms with Crippen molar-refractivity contribution in [1.82, 2.24) is 5.32 Å². The predicted molar refractivity (Wildman–Crippen MR) is 68.3 cm³/mol. The van der Waals surface area contributed by atoms with Gasteiger partial charge < -0.3 is 15.2 Å². The van der Waals surface area contributed by atoms with Crippen molar-refractivity contribution < 1.29 is 9.84 Å². The predicted octanol–water partition coefficient (Wildman–Crippen LogP) is 1.60. The minimum absolute atomic E-state index is 0.286. The number of methoxy groups -OCH3 is 1. The zero-order chi connectivity index (χ0) is 12.1. The van der Waals surface area contributed by atoms with Crippen molar-refractivity contribution >= 4 is 0 Å². The second-order valence-electron chi connectivity index (χ2n) is 4.70. The van der Waals surface area contributed by atoms with Gasteiger partial charge in [-0.15, -0.1) is 0 Å². The quantitative estimate of drug-likeness (QED) is 0.833. The highest BCUT2D eigenvalue weighted by atomic mass is 16.5. The van der Waals surface area contributed by atoms with Crippen molar-refractivity contribution in [3.05, 3.63) is 29.8 Å². The molecule has 0 bridgehead atoms. The Kier molecular flexibility index (Phi) is 4.40. The standard InChI is InChI=1S/C14H21NO2/c1-17-13-6-4-11(5-7-13)9-14-12(10-16)3-2-8-15-14/h4-7,12,14-16H,2-3,8-10H2,1H3/t12-,14+/m0/s1. The topological polar surface area (TPSA) is 41.5 Å². The molecule has 1 aliphatic rings. The van der Waals surface area contributed by atoms with Crippen LogP contribution in [0.5, 0.6) is 5.75 Å². The molecule has 0 unspecified atom stereocenters. The monoisotopic (exact) mass is 235 g/mol. The fourth-order valence-electron chi connectivity index (χ4n) is 2.49. The summed E-state index contributed by atoms with van der Waals surface area (Å²) in [7, 11) is 1.68. The second kappa shape index (κ2) is 6.03. The average Bonchev–Trinajstić information content (AvgIpc) is 2.40. The van der Waals surface area contributed by atoms with Crippen LogP contribution in [0.15, 0.2) is 24.3 Å². The highest BCUT2D eigenvalue weighted by molar-refractivity contribution is 5.27. The summed E-state index contributed by atoms with van der Waals surface area (Å²) in [5.74, 6) is 1.29. The van der Waals surface area contributed by atoms with E-state index in [1.54, 1.807) is 7.11 Å². The Morgan fingerprint density at radius 3 is 2.76 bits per heavy atom. The van der Waals surface area contributed by atoms with E-state index in [2.05, 4.69) is 17.4 Å². The van der Waals surface area contributed by atoms with Gasteiger partial charge in [0.15, 0.2) is 0 Å². The first-order valence-electron chi connectivity index (χ1n) is 6.30. The maximum Gasteiger partial charge on any atom is 0.118 e. The van der Waals surface area contributed by atoms with E-state index < -0.39 is 0 Å².